The van der Waals surface area contributed by atoms with Crippen LogP contribution in [0, 0.1) is 0 Å². The molecule has 1 saturated heterocycles. The molecule has 0 bridgehead atoms. The van der Waals surface area contributed by atoms with E-state index in [0.29, 0.717) is 25.3 Å². The topological polar surface area (TPSA) is 83.7 Å². The molecule has 1 aromatic heterocycles. The van der Waals surface area contributed by atoms with E-state index in [9.17, 15) is 8.42 Å². The number of guanidine groups is 1. The SMILES string of the molecule is O=S1(=O)CCC(NC(=NCCc2ccco2)NCCc2ccccc2)C1. The van der Waals surface area contributed by atoms with Gasteiger partial charge in [-0.1, -0.05) is 30.3 Å². The van der Waals surface area contributed by atoms with Crippen LogP contribution < -0.4 is 10.6 Å². The highest BCUT2D eigenvalue weighted by molar-refractivity contribution is 7.91. The zero-order chi connectivity index (χ0) is 18.2. The van der Waals surface area contributed by atoms with Crippen molar-refractivity contribution in [3.8, 4) is 0 Å². The number of aliphatic imine (C=N–C) groups is 1. The van der Waals surface area contributed by atoms with Gasteiger partial charge < -0.3 is 15.1 Å². The summed E-state index contributed by atoms with van der Waals surface area (Å²) in [4.78, 5) is 4.58. The maximum Gasteiger partial charge on any atom is 0.191 e. The van der Waals surface area contributed by atoms with E-state index in [1.807, 2.05) is 30.3 Å². The summed E-state index contributed by atoms with van der Waals surface area (Å²) in [5.74, 6) is 1.97. The van der Waals surface area contributed by atoms with E-state index in [0.717, 1.165) is 18.7 Å². The van der Waals surface area contributed by atoms with E-state index in [2.05, 4.69) is 27.8 Å². The summed E-state index contributed by atoms with van der Waals surface area (Å²) in [7, 11) is -2.92. The molecule has 0 spiro atoms. The standard InChI is InChI=1S/C19H25N3O3S/c23-26(24)14-10-17(15-26)22-19(21-12-9-18-7-4-13-25-18)20-11-8-16-5-2-1-3-6-16/h1-7,13,17H,8-12,14-15H2,(H2,20,21,22). The number of benzene rings is 1. The minimum absolute atomic E-state index is 0.0772. The zero-order valence-corrected chi connectivity index (χ0v) is 15.5. The molecule has 1 atom stereocenters. The molecular weight excluding hydrogens is 350 g/mol. The van der Waals surface area contributed by atoms with Gasteiger partial charge in [0, 0.05) is 25.6 Å². The van der Waals surface area contributed by atoms with Gasteiger partial charge in [0.15, 0.2) is 15.8 Å². The monoisotopic (exact) mass is 375 g/mol. The van der Waals surface area contributed by atoms with Crippen LogP contribution in [0.3, 0.4) is 0 Å². The molecule has 1 aliphatic heterocycles. The first-order valence-corrected chi connectivity index (χ1v) is 10.7. The van der Waals surface area contributed by atoms with E-state index < -0.39 is 9.84 Å². The van der Waals surface area contributed by atoms with Crippen LogP contribution in [0.5, 0.6) is 0 Å². The number of sulfone groups is 1. The lowest BCUT2D eigenvalue weighted by atomic mass is 10.1. The molecule has 0 amide bonds. The van der Waals surface area contributed by atoms with Crippen LogP contribution in [0.2, 0.25) is 0 Å². The van der Waals surface area contributed by atoms with E-state index in [4.69, 9.17) is 4.42 Å². The molecule has 2 aromatic rings. The first-order valence-electron chi connectivity index (χ1n) is 8.92. The van der Waals surface area contributed by atoms with Crippen molar-refractivity contribution >= 4 is 15.8 Å². The Morgan fingerprint density at radius 1 is 1.15 bits per heavy atom. The van der Waals surface area contributed by atoms with E-state index in [1.54, 1.807) is 6.26 Å². The summed E-state index contributed by atoms with van der Waals surface area (Å²) >= 11 is 0. The molecular formula is C19H25N3O3S. The van der Waals surface area contributed by atoms with Gasteiger partial charge >= 0.3 is 0 Å². The number of hydrogen-bond acceptors (Lipinski definition) is 4. The number of rotatable bonds is 7. The van der Waals surface area contributed by atoms with Crippen LogP contribution in [0.1, 0.15) is 17.7 Å². The van der Waals surface area contributed by atoms with Crippen LogP contribution in [-0.4, -0.2) is 45.0 Å². The fourth-order valence-corrected chi connectivity index (χ4v) is 4.63. The lowest BCUT2D eigenvalue weighted by Crippen LogP contribution is -2.44. The fraction of sp³-hybridized carbons (Fsp3) is 0.421. The summed E-state index contributed by atoms with van der Waals surface area (Å²) < 4.78 is 28.7. The van der Waals surface area contributed by atoms with Crippen LogP contribution in [0.15, 0.2) is 58.1 Å². The normalized spacial score (nSPS) is 19.4. The Hall–Kier alpha value is -2.28. The minimum Gasteiger partial charge on any atom is -0.469 e. The maximum absolute atomic E-state index is 11.7. The van der Waals surface area contributed by atoms with Crippen LogP contribution >= 0.6 is 0 Å². The van der Waals surface area contributed by atoms with Crippen molar-refractivity contribution in [2.75, 3.05) is 24.6 Å². The molecule has 140 valence electrons. The third-order valence-corrected chi connectivity index (χ3v) is 6.10. The number of furan rings is 1. The lowest BCUT2D eigenvalue weighted by molar-refractivity contribution is 0.510. The number of nitrogens with zero attached hydrogens (tertiary/aromatic N) is 1. The number of nitrogens with one attached hydrogen (secondary N) is 2. The Bertz CT molecular complexity index is 802. The zero-order valence-electron chi connectivity index (χ0n) is 14.7. The van der Waals surface area contributed by atoms with Crippen LogP contribution in [0.4, 0.5) is 0 Å². The van der Waals surface area contributed by atoms with Crippen molar-refractivity contribution < 1.29 is 12.8 Å². The molecule has 1 aliphatic rings. The van der Waals surface area contributed by atoms with Crippen molar-refractivity contribution in [2.45, 2.75) is 25.3 Å². The van der Waals surface area contributed by atoms with Crippen molar-refractivity contribution in [3.63, 3.8) is 0 Å². The molecule has 0 radical (unpaired) electrons. The summed E-state index contributed by atoms with van der Waals surface area (Å²) in [6.07, 6.45) is 3.86. The highest BCUT2D eigenvalue weighted by Gasteiger charge is 2.28. The Labute approximate surface area is 154 Å². The average Bonchev–Trinajstić information content (AvgIpc) is 3.25. The van der Waals surface area contributed by atoms with Gasteiger partial charge in [-0.05, 0) is 30.5 Å². The molecule has 6 nitrogen and oxygen atoms in total. The van der Waals surface area contributed by atoms with Gasteiger partial charge in [0.05, 0.1) is 17.8 Å². The largest absolute Gasteiger partial charge is 0.469 e. The highest BCUT2D eigenvalue weighted by Crippen LogP contribution is 2.11. The first kappa shape index (κ1) is 18.5. The second kappa shape index (κ2) is 8.89. The van der Waals surface area contributed by atoms with Gasteiger partial charge in [-0.2, -0.15) is 0 Å². The summed E-state index contributed by atoms with van der Waals surface area (Å²) in [5, 5.41) is 6.58. The van der Waals surface area contributed by atoms with E-state index >= 15 is 0 Å². The van der Waals surface area contributed by atoms with Crippen molar-refractivity contribution in [2.24, 2.45) is 4.99 Å². The van der Waals surface area contributed by atoms with Crippen molar-refractivity contribution in [3.05, 3.63) is 60.1 Å². The molecule has 26 heavy (non-hydrogen) atoms. The average molecular weight is 375 g/mol. The second-order valence-electron chi connectivity index (χ2n) is 6.47. The molecule has 2 N–H and O–H groups in total. The Balaban J connectivity index is 1.55. The molecule has 0 aliphatic carbocycles. The third-order valence-electron chi connectivity index (χ3n) is 4.33. The molecule has 3 rings (SSSR count). The summed E-state index contributed by atoms with van der Waals surface area (Å²) in [6, 6.07) is 13.9. The Kier molecular flexibility index (Phi) is 6.33. The van der Waals surface area contributed by atoms with Crippen molar-refractivity contribution in [1.29, 1.82) is 0 Å². The predicted octanol–water partition coefficient (Wildman–Crippen LogP) is 1.79. The molecule has 1 fully saturated rings. The Morgan fingerprint density at radius 2 is 2.00 bits per heavy atom. The van der Waals surface area contributed by atoms with Gasteiger partial charge in [0.2, 0.25) is 0 Å². The Morgan fingerprint density at radius 3 is 2.69 bits per heavy atom. The van der Waals surface area contributed by atoms with Crippen LogP contribution in [-0.2, 0) is 22.7 Å². The second-order valence-corrected chi connectivity index (χ2v) is 8.70. The fourth-order valence-electron chi connectivity index (χ4n) is 2.96. The molecule has 1 aromatic carbocycles. The van der Waals surface area contributed by atoms with E-state index in [-0.39, 0.29) is 17.5 Å². The van der Waals surface area contributed by atoms with Gasteiger partial charge in [0.25, 0.3) is 0 Å². The molecule has 7 heteroatoms. The van der Waals surface area contributed by atoms with Gasteiger partial charge in [-0.15, -0.1) is 0 Å². The molecule has 2 heterocycles. The van der Waals surface area contributed by atoms with Gasteiger partial charge in [-0.3, -0.25) is 4.99 Å². The summed E-state index contributed by atoms with van der Waals surface area (Å²) in [6.45, 7) is 1.31. The highest BCUT2D eigenvalue weighted by atomic mass is 32.2. The molecule has 0 saturated carbocycles. The van der Waals surface area contributed by atoms with Crippen molar-refractivity contribution in [1.82, 2.24) is 10.6 Å². The van der Waals surface area contributed by atoms with E-state index in [1.165, 1.54) is 5.56 Å². The van der Waals surface area contributed by atoms with Gasteiger partial charge in [0.1, 0.15) is 5.76 Å². The minimum atomic E-state index is -2.92. The smallest absolute Gasteiger partial charge is 0.191 e. The first-order chi connectivity index (χ1) is 12.6. The molecule has 1 unspecified atom stereocenters. The third kappa shape index (κ3) is 5.91. The predicted molar refractivity (Wildman–Crippen MR) is 103 cm³/mol. The lowest BCUT2D eigenvalue weighted by Gasteiger charge is -2.16. The number of hydrogen-bond donors (Lipinski definition) is 2. The quantitative estimate of drug-likeness (QED) is 0.569. The van der Waals surface area contributed by atoms with Crippen LogP contribution in [0.25, 0.3) is 0 Å². The maximum atomic E-state index is 11.7. The summed E-state index contributed by atoms with van der Waals surface area (Å²) in [5.41, 5.74) is 1.25. The van der Waals surface area contributed by atoms with Gasteiger partial charge in [-0.25, -0.2) is 8.42 Å².